The van der Waals surface area contributed by atoms with Gasteiger partial charge in [0.2, 0.25) is 0 Å². The molecule has 0 spiro atoms. The standard InChI is InChI=1S/C8H7F3N2O2/c1-15-7(14)2-6-12-3-5(4-13-6)8(9,10)11/h3-4H,2H2,1H3. The van der Waals surface area contributed by atoms with Gasteiger partial charge in [-0.1, -0.05) is 0 Å². The van der Waals surface area contributed by atoms with E-state index in [1.54, 1.807) is 0 Å². The Kier molecular flexibility index (Phi) is 3.23. The number of hydrogen-bond acceptors (Lipinski definition) is 4. The molecule has 0 amide bonds. The number of alkyl halides is 3. The van der Waals surface area contributed by atoms with Crippen molar-refractivity contribution < 1.29 is 22.7 Å². The van der Waals surface area contributed by atoms with Crippen LogP contribution in [0.4, 0.5) is 13.2 Å². The fourth-order valence-electron chi connectivity index (χ4n) is 0.794. The Bertz CT molecular complexity index is 348. The summed E-state index contributed by atoms with van der Waals surface area (Å²) in [5.74, 6) is -0.607. The molecule has 0 radical (unpaired) electrons. The Labute approximate surface area is 83.1 Å². The first-order chi connectivity index (χ1) is 6.93. The SMILES string of the molecule is COC(=O)Cc1ncc(C(F)(F)F)cn1. The lowest BCUT2D eigenvalue weighted by Crippen LogP contribution is -2.11. The molecule has 0 aliphatic carbocycles. The number of esters is 1. The Balaban J connectivity index is 2.77. The fraction of sp³-hybridized carbons (Fsp3) is 0.375. The van der Waals surface area contributed by atoms with Crippen molar-refractivity contribution in [2.75, 3.05) is 7.11 Å². The molecule has 0 saturated heterocycles. The summed E-state index contributed by atoms with van der Waals surface area (Å²) in [5, 5.41) is 0. The van der Waals surface area contributed by atoms with Gasteiger partial charge in [-0.05, 0) is 0 Å². The van der Waals surface area contributed by atoms with E-state index in [1.165, 1.54) is 7.11 Å². The first kappa shape index (κ1) is 11.4. The molecule has 15 heavy (non-hydrogen) atoms. The van der Waals surface area contributed by atoms with Gasteiger partial charge in [-0.15, -0.1) is 0 Å². The largest absolute Gasteiger partial charge is 0.469 e. The predicted molar refractivity (Wildman–Crippen MR) is 42.8 cm³/mol. The third-order valence-electron chi connectivity index (χ3n) is 1.56. The average Bonchev–Trinajstić information content (AvgIpc) is 2.17. The summed E-state index contributed by atoms with van der Waals surface area (Å²) in [4.78, 5) is 17.5. The van der Waals surface area contributed by atoms with Crippen LogP contribution in [0.15, 0.2) is 12.4 Å². The molecule has 0 aliphatic rings. The third-order valence-corrected chi connectivity index (χ3v) is 1.56. The van der Waals surface area contributed by atoms with Crippen LogP contribution in [0.2, 0.25) is 0 Å². The number of ether oxygens (including phenoxy) is 1. The zero-order valence-electron chi connectivity index (χ0n) is 7.71. The van der Waals surface area contributed by atoms with Crippen molar-refractivity contribution in [3.63, 3.8) is 0 Å². The smallest absolute Gasteiger partial charge is 0.419 e. The van der Waals surface area contributed by atoms with E-state index in [2.05, 4.69) is 14.7 Å². The first-order valence-electron chi connectivity index (χ1n) is 3.88. The van der Waals surface area contributed by atoms with Crippen LogP contribution in [-0.2, 0) is 22.1 Å². The molecule has 1 rings (SSSR count). The van der Waals surface area contributed by atoms with Crippen molar-refractivity contribution in [3.05, 3.63) is 23.8 Å². The van der Waals surface area contributed by atoms with Crippen LogP contribution in [0.25, 0.3) is 0 Å². The number of carbonyl (C=O) groups excluding carboxylic acids is 1. The molecular formula is C8H7F3N2O2. The van der Waals surface area contributed by atoms with Gasteiger partial charge in [-0.3, -0.25) is 4.79 Å². The van der Waals surface area contributed by atoms with Crippen molar-refractivity contribution in [2.45, 2.75) is 12.6 Å². The van der Waals surface area contributed by atoms with Crippen molar-refractivity contribution in [2.24, 2.45) is 0 Å². The number of carbonyl (C=O) groups is 1. The van der Waals surface area contributed by atoms with E-state index in [1.807, 2.05) is 0 Å². The topological polar surface area (TPSA) is 52.1 Å². The molecule has 0 unspecified atom stereocenters. The maximum Gasteiger partial charge on any atom is 0.419 e. The Morgan fingerprint density at radius 2 is 1.93 bits per heavy atom. The first-order valence-corrected chi connectivity index (χ1v) is 3.88. The summed E-state index contributed by atoms with van der Waals surface area (Å²) >= 11 is 0. The van der Waals surface area contributed by atoms with Crippen molar-refractivity contribution in [1.29, 1.82) is 0 Å². The van der Waals surface area contributed by atoms with E-state index in [0.717, 1.165) is 0 Å². The molecule has 1 aromatic heterocycles. The predicted octanol–water partition coefficient (Wildman–Crippen LogP) is 1.21. The summed E-state index contributed by atoms with van der Waals surface area (Å²) in [6.45, 7) is 0. The second kappa shape index (κ2) is 4.24. The van der Waals surface area contributed by atoms with Gasteiger partial charge >= 0.3 is 12.1 Å². The van der Waals surface area contributed by atoms with E-state index in [9.17, 15) is 18.0 Å². The molecule has 0 bridgehead atoms. The molecule has 0 saturated carbocycles. The highest BCUT2D eigenvalue weighted by Gasteiger charge is 2.31. The van der Waals surface area contributed by atoms with Crippen molar-refractivity contribution >= 4 is 5.97 Å². The highest BCUT2D eigenvalue weighted by atomic mass is 19.4. The van der Waals surface area contributed by atoms with Crippen LogP contribution in [-0.4, -0.2) is 23.0 Å². The molecule has 1 aromatic rings. The molecule has 0 aromatic carbocycles. The van der Waals surface area contributed by atoms with Crippen molar-refractivity contribution in [1.82, 2.24) is 9.97 Å². The number of aromatic nitrogens is 2. The zero-order valence-corrected chi connectivity index (χ0v) is 7.71. The average molecular weight is 220 g/mol. The number of hydrogen-bond donors (Lipinski definition) is 0. The van der Waals surface area contributed by atoms with E-state index in [-0.39, 0.29) is 12.2 Å². The minimum Gasteiger partial charge on any atom is -0.469 e. The van der Waals surface area contributed by atoms with Crippen LogP contribution < -0.4 is 0 Å². The Hall–Kier alpha value is -1.66. The molecule has 4 nitrogen and oxygen atoms in total. The summed E-state index contributed by atoms with van der Waals surface area (Å²) in [5.41, 5.74) is -0.948. The molecule has 1 heterocycles. The maximum atomic E-state index is 12.1. The van der Waals surface area contributed by atoms with E-state index in [4.69, 9.17) is 0 Å². The highest BCUT2D eigenvalue weighted by molar-refractivity contribution is 5.71. The molecule has 0 aliphatic heterocycles. The van der Waals surface area contributed by atoms with Gasteiger partial charge in [0.25, 0.3) is 0 Å². The normalized spacial score (nSPS) is 11.2. The number of nitrogens with zero attached hydrogens (tertiary/aromatic N) is 2. The lowest BCUT2D eigenvalue weighted by Gasteiger charge is -2.05. The van der Waals surface area contributed by atoms with Gasteiger partial charge < -0.3 is 4.74 Å². The number of methoxy groups -OCH3 is 1. The quantitative estimate of drug-likeness (QED) is 0.703. The zero-order chi connectivity index (χ0) is 11.5. The Morgan fingerprint density at radius 1 is 1.40 bits per heavy atom. The minimum atomic E-state index is -4.47. The molecule has 82 valence electrons. The van der Waals surface area contributed by atoms with Crippen LogP contribution in [0.3, 0.4) is 0 Å². The second-order valence-electron chi connectivity index (χ2n) is 2.64. The highest BCUT2D eigenvalue weighted by Crippen LogP contribution is 2.27. The monoisotopic (exact) mass is 220 g/mol. The second-order valence-corrected chi connectivity index (χ2v) is 2.64. The summed E-state index contributed by atoms with van der Waals surface area (Å²) < 4.78 is 40.5. The van der Waals surface area contributed by atoms with E-state index in [0.29, 0.717) is 12.4 Å². The molecule has 0 fully saturated rings. The molecule has 0 atom stereocenters. The van der Waals surface area contributed by atoms with Gasteiger partial charge in [-0.25, -0.2) is 9.97 Å². The van der Waals surface area contributed by atoms with Gasteiger partial charge in [0.15, 0.2) is 0 Å². The van der Waals surface area contributed by atoms with Crippen LogP contribution >= 0.6 is 0 Å². The lowest BCUT2D eigenvalue weighted by atomic mass is 10.3. The minimum absolute atomic E-state index is 0.00477. The van der Waals surface area contributed by atoms with Gasteiger partial charge in [0, 0.05) is 12.4 Å². The maximum absolute atomic E-state index is 12.1. The van der Waals surface area contributed by atoms with Crippen molar-refractivity contribution in [3.8, 4) is 0 Å². The van der Waals surface area contributed by atoms with Gasteiger partial charge in [0.1, 0.15) is 12.2 Å². The summed E-state index contributed by atoms with van der Waals surface area (Å²) in [7, 11) is 1.17. The Morgan fingerprint density at radius 3 is 2.33 bits per heavy atom. The summed E-state index contributed by atoms with van der Waals surface area (Å²) in [6, 6.07) is 0. The number of rotatable bonds is 2. The van der Waals surface area contributed by atoms with Crippen LogP contribution in [0.5, 0.6) is 0 Å². The summed E-state index contributed by atoms with van der Waals surface area (Å²) in [6.07, 6.45) is -3.45. The van der Waals surface area contributed by atoms with E-state index < -0.39 is 17.7 Å². The third kappa shape index (κ3) is 3.19. The van der Waals surface area contributed by atoms with Crippen LogP contribution in [0.1, 0.15) is 11.4 Å². The van der Waals surface area contributed by atoms with Crippen LogP contribution in [0, 0.1) is 0 Å². The van der Waals surface area contributed by atoms with Gasteiger partial charge in [0.05, 0.1) is 12.7 Å². The molecule has 7 heteroatoms. The molecule has 0 N–H and O–H groups in total. The van der Waals surface area contributed by atoms with E-state index >= 15 is 0 Å². The fourth-order valence-corrected chi connectivity index (χ4v) is 0.794. The lowest BCUT2D eigenvalue weighted by molar-refractivity contribution is -0.139. The number of halogens is 3. The van der Waals surface area contributed by atoms with Gasteiger partial charge in [-0.2, -0.15) is 13.2 Å². The molecular weight excluding hydrogens is 213 g/mol.